The van der Waals surface area contributed by atoms with Gasteiger partial charge in [-0.05, 0) is 44.9 Å². The third-order valence-corrected chi connectivity index (χ3v) is 6.59. The lowest BCUT2D eigenvalue weighted by molar-refractivity contribution is 0.0146. The number of amides is 2. The number of H-pyrrole nitrogens is 1. The number of methoxy groups -OCH3 is 1. The van der Waals surface area contributed by atoms with Gasteiger partial charge >= 0.3 is 0 Å². The third kappa shape index (κ3) is 4.46. The number of rotatable bonds is 7. The van der Waals surface area contributed by atoms with E-state index in [0.29, 0.717) is 58.1 Å². The van der Waals surface area contributed by atoms with E-state index in [1.807, 2.05) is 13.8 Å². The number of carbonyl (C=O) groups excluding carboxylic acids is 2. The molecular weight excluding hydrogens is 448 g/mol. The Morgan fingerprint density at radius 2 is 2.09 bits per heavy atom. The second kappa shape index (κ2) is 9.42. The van der Waals surface area contributed by atoms with Crippen LogP contribution in [0.2, 0.25) is 0 Å². The summed E-state index contributed by atoms with van der Waals surface area (Å²) in [6.07, 6.45) is 5.09. The number of likely N-dealkylation sites (tertiary alicyclic amines) is 1. The van der Waals surface area contributed by atoms with Crippen molar-refractivity contribution in [1.82, 2.24) is 15.2 Å². The van der Waals surface area contributed by atoms with E-state index in [1.54, 1.807) is 50.4 Å². The SMILES string of the molecule is CNC(=O)c1c(C)oc2cc(O/C(=C/C=N)c3[nH]cc(C(=O)N4CCC(C)(OC)C4)c3C)ccc12. The van der Waals surface area contributed by atoms with Crippen molar-refractivity contribution in [3.05, 3.63) is 58.6 Å². The van der Waals surface area contributed by atoms with Crippen molar-refractivity contribution in [3.8, 4) is 5.75 Å². The van der Waals surface area contributed by atoms with Gasteiger partial charge in [0.15, 0.2) is 5.76 Å². The summed E-state index contributed by atoms with van der Waals surface area (Å²) in [5, 5.41) is 10.9. The largest absolute Gasteiger partial charge is 0.460 e. The smallest absolute Gasteiger partial charge is 0.255 e. The van der Waals surface area contributed by atoms with Gasteiger partial charge in [0.1, 0.15) is 17.1 Å². The summed E-state index contributed by atoms with van der Waals surface area (Å²) in [5.41, 5.74) is 2.55. The molecule has 2 aromatic heterocycles. The van der Waals surface area contributed by atoms with Crippen LogP contribution in [-0.4, -0.2) is 60.8 Å². The number of fused-ring (bicyclic) bond motifs is 1. The lowest BCUT2D eigenvalue weighted by Gasteiger charge is -2.23. The Morgan fingerprint density at radius 1 is 1.31 bits per heavy atom. The first-order chi connectivity index (χ1) is 16.7. The minimum atomic E-state index is -0.336. The maximum absolute atomic E-state index is 13.2. The molecule has 1 saturated heterocycles. The number of benzene rings is 1. The number of aryl methyl sites for hydroxylation is 1. The molecule has 9 heteroatoms. The summed E-state index contributed by atoms with van der Waals surface area (Å²) in [6.45, 7) is 6.75. The topological polar surface area (TPSA) is 121 Å². The molecule has 1 aliphatic heterocycles. The number of nitrogens with zero attached hydrogens (tertiary/aromatic N) is 1. The predicted octanol–water partition coefficient (Wildman–Crippen LogP) is 4.06. The van der Waals surface area contributed by atoms with Crippen molar-refractivity contribution in [1.29, 1.82) is 5.41 Å². The average molecular weight is 479 g/mol. The molecule has 1 atom stereocenters. The second-order valence-electron chi connectivity index (χ2n) is 8.90. The summed E-state index contributed by atoms with van der Waals surface area (Å²) < 4.78 is 17.4. The molecule has 1 unspecified atom stereocenters. The minimum Gasteiger partial charge on any atom is -0.460 e. The van der Waals surface area contributed by atoms with E-state index in [0.717, 1.165) is 18.2 Å². The number of aromatic nitrogens is 1. The molecule has 2 amide bonds. The Bertz CT molecular complexity index is 1330. The maximum Gasteiger partial charge on any atom is 0.255 e. The van der Waals surface area contributed by atoms with E-state index >= 15 is 0 Å². The van der Waals surface area contributed by atoms with Crippen LogP contribution in [0.25, 0.3) is 16.7 Å². The number of furan rings is 1. The van der Waals surface area contributed by atoms with Gasteiger partial charge in [-0.2, -0.15) is 0 Å². The molecule has 3 heterocycles. The summed E-state index contributed by atoms with van der Waals surface area (Å²) >= 11 is 0. The van der Waals surface area contributed by atoms with E-state index in [9.17, 15) is 9.59 Å². The fourth-order valence-electron chi connectivity index (χ4n) is 4.46. The third-order valence-electron chi connectivity index (χ3n) is 6.59. The molecule has 0 saturated carbocycles. The van der Waals surface area contributed by atoms with Crippen LogP contribution < -0.4 is 10.1 Å². The fraction of sp³-hybridized carbons (Fsp3) is 0.346. The van der Waals surface area contributed by atoms with Gasteiger partial charge in [0.05, 0.1) is 22.4 Å². The number of ether oxygens (including phenoxy) is 2. The molecule has 3 N–H and O–H groups in total. The van der Waals surface area contributed by atoms with Crippen molar-refractivity contribution < 1.29 is 23.5 Å². The Labute approximate surface area is 203 Å². The van der Waals surface area contributed by atoms with Gasteiger partial charge in [-0.1, -0.05) is 0 Å². The number of carbonyl (C=O) groups is 2. The first-order valence-electron chi connectivity index (χ1n) is 11.4. The van der Waals surface area contributed by atoms with Crippen molar-refractivity contribution in [2.24, 2.45) is 0 Å². The number of aromatic amines is 1. The zero-order valence-corrected chi connectivity index (χ0v) is 20.6. The Hall–Kier alpha value is -3.85. The lowest BCUT2D eigenvalue weighted by Crippen LogP contribution is -2.35. The number of nitrogens with one attached hydrogen (secondary N) is 3. The molecule has 9 nitrogen and oxygen atoms in total. The zero-order valence-electron chi connectivity index (χ0n) is 20.6. The maximum atomic E-state index is 13.2. The molecule has 1 fully saturated rings. The normalized spacial score (nSPS) is 18.2. The average Bonchev–Trinajstić information content (AvgIpc) is 3.52. The number of hydrogen-bond acceptors (Lipinski definition) is 6. The summed E-state index contributed by atoms with van der Waals surface area (Å²) in [5.74, 6) is 1.08. The van der Waals surface area contributed by atoms with Gasteiger partial charge < -0.3 is 34.5 Å². The van der Waals surface area contributed by atoms with Crippen LogP contribution >= 0.6 is 0 Å². The molecule has 0 radical (unpaired) electrons. The second-order valence-corrected chi connectivity index (χ2v) is 8.90. The van der Waals surface area contributed by atoms with Crippen LogP contribution in [0.15, 0.2) is 34.9 Å². The van der Waals surface area contributed by atoms with Crippen LogP contribution in [0.4, 0.5) is 0 Å². The van der Waals surface area contributed by atoms with Gasteiger partial charge in [-0.25, -0.2) is 0 Å². The van der Waals surface area contributed by atoms with Crippen molar-refractivity contribution in [3.63, 3.8) is 0 Å². The van der Waals surface area contributed by atoms with E-state index in [1.165, 1.54) is 6.08 Å². The number of allylic oxidation sites excluding steroid dienone is 1. The molecule has 3 aromatic rings. The molecule has 0 aliphatic carbocycles. The van der Waals surface area contributed by atoms with Crippen molar-refractivity contribution >= 4 is 34.8 Å². The fourth-order valence-corrected chi connectivity index (χ4v) is 4.46. The minimum absolute atomic E-state index is 0.0748. The highest BCUT2D eigenvalue weighted by atomic mass is 16.5. The lowest BCUT2D eigenvalue weighted by atomic mass is 10.1. The first-order valence-corrected chi connectivity index (χ1v) is 11.4. The van der Waals surface area contributed by atoms with Crippen LogP contribution in [0.3, 0.4) is 0 Å². The molecule has 1 aromatic carbocycles. The molecule has 184 valence electrons. The molecular formula is C26H30N4O5. The summed E-state index contributed by atoms with van der Waals surface area (Å²) in [4.78, 5) is 30.3. The van der Waals surface area contributed by atoms with Crippen molar-refractivity contribution in [2.45, 2.75) is 32.8 Å². The predicted molar refractivity (Wildman–Crippen MR) is 133 cm³/mol. The number of hydrogen-bond donors (Lipinski definition) is 3. The highest BCUT2D eigenvalue weighted by molar-refractivity contribution is 6.07. The molecule has 0 bridgehead atoms. The van der Waals surface area contributed by atoms with Gasteiger partial charge in [0, 0.05) is 57.2 Å². The van der Waals surface area contributed by atoms with Gasteiger partial charge in [-0.3, -0.25) is 9.59 Å². The highest BCUT2D eigenvalue weighted by Crippen LogP contribution is 2.32. The van der Waals surface area contributed by atoms with Gasteiger partial charge in [-0.15, -0.1) is 0 Å². The van der Waals surface area contributed by atoms with Crippen LogP contribution in [-0.2, 0) is 4.74 Å². The van der Waals surface area contributed by atoms with Gasteiger partial charge in [0.25, 0.3) is 11.8 Å². The van der Waals surface area contributed by atoms with E-state index < -0.39 is 0 Å². The first kappa shape index (κ1) is 24.3. The van der Waals surface area contributed by atoms with E-state index in [4.69, 9.17) is 19.3 Å². The van der Waals surface area contributed by atoms with Crippen molar-refractivity contribution in [2.75, 3.05) is 27.2 Å². The molecule has 35 heavy (non-hydrogen) atoms. The monoisotopic (exact) mass is 478 g/mol. The quantitative estimate of drug-likeness (QED) is 0.349. The van der Waals surface area contributed by atoms with Crippen LogP contribution in [0.1, 0.15) is 51.1 Å². The summed E-state index contributed by atoms with van der Waals surface area (Å²) in [6, 6.07) is 5.21. The Balaban J connectivity index is 1.61. The standard InChI is InChI=1S/C26H30N4O5/c1-15-19(25(32)30-11-9-26(3,14-30)33-5)13-29-23(15)20(8-10-27)35-17-6-7-18-21(12-17)34-16(2)22(18)24(31)28-4/h6-8,10,12-13,27,29H,9,11,14H2,1-5H3,(H,28,31)/b20-8+,27-10?. The van der Waals surface area contributed by atoms with Crippen LogP contribution in [0.5, 0.6) is 5.75 Å². The van der Waals surface area contributed by atoms with E-state index in [-0.39, 0.29) is 17.4 Å². The summed E-state index contributed by atoms with van der Waals surface area (Å²) in [7, 11) is 3.24. The molecule has 0 spiro atoms. The van der Waals surface area contributed by atoms with Crippen LogP contribution in [0, 0.1) is 19.3 Å². The molecule has 1 aliphatic rings. The van der Waals surface area contributed by atoms with Gasteiger partial charge in [0.2, 0.25) is 0 Å². The highest BCUT2D eigenvalue weighted by Gasteiger charge is 2.37. The Morgan fingerprint density at radius 3 is 2.74 bits per heavy atom. The molecule has 4 rings (SSSR count). The zero-order chi connectivity index (χ0) is 25.3. The van der Waals surface area contributed by atoms with E-state index in [2.05, 4.69) is 10.3 Å². The Kier molecular flexibility index (Phi) is 6.53.